The molecule has 0 saturated carbocycles. The smallest absolute Gasteiger partial charge is 0.240 e. The quantitative estimate of drug-likeness (QED) is 0.502. The molecule has 0 unspecified atom stereocenters. The first-order valence-electron chi connectivity index (χ1n) is 7.22. The van der Waals surface area contributed by atoms with Gasteiger partial charge in [-0.05, 0) is 47.9 Å². The molecule has 2 aromatic carbocycles. The molecule has 0 atom stereocenters. The van der Waals surface area contributed by atoms with E-state index in [1.54, 1.807) is 18.2 Å². The van der Waals surface area contributed by atoms with Crippen molar-refractivity contribution in [3.8, 4) is 0 Å². The average Bonchev–Trinajstić information content (AvgIpc) is 2.98. The summed E-state index contributed by atoms with van der Waals surface area (Å²) in [6.07, 6.45) is 4.07. The molecule has 122 valence electrons. The summed E-state index contributed by atoms with van der Waals surface area (Å²) in [6.45, 7) is 2.04. The van der Waals surface area contributed by atoms with Gasteiger partial charge in [-0.15, -0.1) is 10.2 Å². The molecule has 3 nitrogen and oxygen atoms in total. The molecule has 0 aliphatic heterocycles. The van der Waals surface area contributed by atoms with Gasteiger partial charge in [-0.1, -0.05) is 50.1 Å². The molecule has 0 spiro atoms. The summed E-state index contributed by atoms with van der Waals surface area (Å²) in [6, 6.07) is 10.6. The van der Waals surface area contributed by atoms with E-state index in [-0.39, 0.29) is 5.82 Å². The van der Waals surface area contributed by atoms with Crippen LogP contribution in [0.4, 0.5) is 4.39 Å². The molecule has 0 aliphatic rings. The van der Waals surface area contributed by atoms with Crippen LogP contribution in [0, 0.1) is 12.7 Å². The van der Waals surface area contributed by atoms with E-state index in [0.717, 1.165) is 15.6 Å². The number of halogens is 3. The van der Waals surface area contributed by atoms with Crippen molar-refractivity contribution >= 4 is 44.0 Å². The summed E-state index contributed by atoms with van der Waals surface area (Å²) in [4.78, 5) is 0. The highest BCUT2D eigenvalue weighted by Gasteiger charge is 2.06. The molecular formula is C18H13Br2FN2O. The molecule has 1 heterocycles. The molecule has 0 bridgehead atoms. The van der Waals surface area contributed by atoms with E-state index in [1.165, 1.54) is 17.7 Å². The Kier molecular flexibility index (Phi) is 5.26. The zero-order chi connectivity index (χ0) is 17.1. The molecule has 0 radical (unpaired) electrons. The lowest BCUT2D eigenvalue weighted by Gasteiger charge is -2.01. The van der Waals surface area contributed by atoms with Crippen LogP contribution in [0.2, 0.25) is 0 Å². The van der Waals surface area contributed by atoms with Crippen LogP contribution in [-0.2, 0) is 6.42 Å². The Balaban J connectivity index is 1.73. The highest BCUT2D eigenvalue weighted by molar-refractivity contribution is 9.10. The minimum absolute atomic E-state index is 0.289. The maximum atomic E-state index is 13.1. The Labute approximate surface area is 155 Å². The highest BCUT2D eigenvalue weighted by atomic mass is 79.9. The van der Waals surface area contributed by atoms with E-state index in [9.17, 15) is 4.39 Å². The molecule has 24 heavy (non-hydrogen) atoms. The molecule has 0 N–H and O–H groups in total. The van der Waals surface area contributed by atoms with Gasteiger partial charge in [-0.3, -0.25) is 0 Å². The maximum Gasteiger partial charge on any atom is 0.240 e. The number of hydrogen-bond acceptors (Lipinski definition) is 3. The van der Waals surface area contributed by atoms with Crippen molar-refractivity contribution in [3.63, 3.8) is 0 Å². The van der Waals surface area contributed by atoms with Crippen LogP contribution >= 0.6 is 31.9 Å². The lowest BCUT2D eigenvalue weighted by Crippen LogP contribution is -1.89. The van der Waals surface area contributed by atoms with E-state index in [2.05, 4.69) is 42.1 Å². The summed E-state index contributed by atoms with van der Waals surface area (Å²) in [5.41, 5.74) is 3.10. The van der Waals surface area contributed by atoms with Crippen molar-refractivity contribution in [1.29, 1.82) is 0 Å². The van der Waals surface area contributed by atoms with Crippen LogP contribution in [-0.4, -0.2) is 10.2 Å². The van der Waals surface area contributed by atoms with Crippen LogP contribution in [0.1, 0.15) is 28.5 Å². The van der Waals surface area contributed by atoms with Crippen LogP contribution in [0.15, 0.2) is 49.8 Å². The van der Waals surface area contributed by atoms with Gasteiger partial charge in [0.25, 0.3) is 0 Å². The first kappa shape index (κ1) is 17.0. The topological polar surface area (TPSA) is 38.9 Å². The Morgan fingerprint density at radius 2 is 1.88 bits per heavy atom. The zero-order valence-electron chi connectivity index (χ0n) is 12.8. The molecule has 6 heteroatoms. The molecule has 0 aliphatic carbocycles. The van der Waals surface area contributed by atoms with Gasteiger partial charge in [0.2, 0.25) is 11.8 Å². The fraction of sp³-hybridized carbons (Fsp3) is 0.111. The number of rotatable bonds is 4. The molecule has 3 rings (SSSR count). The Bertz CT molecular complexity index is 906. The van der Waals surface area contributed by atoms with Gasteiger partial charge >= 0.3 is 0 Å². The van der Waals surface area contributed by atoms with Crippen molar-refractivity contribution in [2.45, 2.75) is 13.3 Å². The molecule has 1 aromatic heterocycles. The minimum atomic E-state index is -0.289. The first-order valence-corrected chi connectivity index (χ1v) is 8.80. The number of benzene rings is 2. The van der Waals surface area contributed by atoms with Crippen molar-refractivity contribution in [2.75, 3.05) is 0 Å². The number of hydrogen-bond donors (Lipinski definition) is 0. The summed E-state index contributed by atoms with van der Waals surface area (Å²) >= 11 is 6.84. The number of aryl methyl sites for hydroxylation is 1. The van der Waals surface area contributed by atoms with E-state index in [4.69, 9.17) is 4.42 Å². The highest BCUT2D eigenvalue weighted by Crippen LogP contribution is 2.21. The Morgan fingerprint density at radius 3 is 2.62 bits per heavy atom. The number of nitrogens with zero attached hydrogens (tertiary/aromatic N) is 2. The lowest BCUT2D eigenvalue weighted by molar-refractivity contribution is 0.496. The molecule has 0 fully saturated rings. The second kappa shape index (κ2) is 7.40. The predicted octanol–water partition coefficient (Wildman–Crippen LogP) is 5.80. The third-order valence-electron chi connectivity index (χ3n) is 3.44. The minimum Gasteiger partial charge on any atom is -0.421 e. The predicted molar refractivity (Wildman–Crippen MR) is 99.0 cm³/mol. The number of aromatic nitrogens is 2. The van der Waals surface area contributed by atoms with Gasteiger partial charge in [0.15, 0.2) is 0 Å². The van der Waals surface area contributed by atoms with Crippen LogP contribution in [0.25, 0.3) is 12.2 Å². The SMILES string of the molecule is Cc1ccc(Cc2nnc(/C=C/c3ccc(F)cc3Br)o2)cc1Br. The van der Waals surface area contributed by atoms with E-state index < -0.39 is 0 Å². The normalized spacial score (nSPS) is 11.3. The van der Waals surface area contributed by atoms with E-state index in [0.29, 0.717) is 22.7 Å². The fourth-order valence-electron chi connectivity index (χ4n) is 2.12. The molecule has 0 saturated heterocycles. The summed E-state index contributed by atoms with van der Waals surface area (Å²) in [7, 11) is 0. The summed E-state index contributed by atoms with van der Waals surface area (Å²) in [5, 5.41) is 8.07. The van der Waals surface area contributed by atoms with Gasteiger partial charge in [-0.2, -0.15) is 0 Å². The summed E-state index contributed by atoms with van der Waals surface area (Å²) in [5.74, 6) is 0.666. The Morgan fingerprint density at radius 1 is 1.04 bits per heavy atom. The van der Waals surface area contributed by atoms with Gasteiger partial charge in [-0.25, -0.2) is 4.39 Å². The maximum absolute atomic E-state index is 13.1. The summed E-state index contributed by atoms with van der Waals surface area (Å²) < 4.78 is 20.4. The molecule has 0 amide bonds. The fourth-order valence-corrected chi connectivity index (χ4v) is 3.03. The second-order valence-corrected chi connectivity index (χ2v) is 7.00. The van der Waals surface area contributed by atoms with Gasteiger partial charge < -0.3 is 4.42 Å². The zero-order valence-corrected chi connectivity index (χ0v) is 15.9. The second-order valence-electron chi connectivity index (χ2n) is 5.29. The van der Waals surface area contributed by atoms with Crippen molar-refractivity contribution in [1.82, 2.24) is 10.2 Å². The average molecular weight is 452 g/mol. The lowest BCUT2D eigenvalue weighted by atomic mass is 10.1. The van der Waals surface area contributed by atoms with Crippen LogP contribution in [0.5, 0.6) is 0 Å². The van der Waals surface area contributed by atoms with E-state index in [1.807, 2.05) is 25.1 Å². The monoisotopic (exact) mass is 450 g/mol. The third kappa shape index (κ3) is 4.19. The van der Waals surface area contributed by atoms with Crippen LogP contribution in [0.3, 0.4) is 0 Å². The van der Waals surface area contributed by atoms with Gasteiger partial charge in [0, 0.05) is 15.0 Å². The van der Waals surface area contributed by atoms with Crippen molar-refractivity contribution in [3.05, 3.63) is 79.6 Å². The Hall–Kier alpha value is -1.79. The van der Waals surface area contributed by atoms with Crippen molar-refractivity contribution < 1.29 is 8.81 Å². The molecule has 3 aromatic rings. The van der Waals surface area contributed by atoms with Crippen molar-refractivity contribution in [2.24, 2.45) is 0 Å². The third-order valence-corrected chi connectivity index (χ3v) is 4.98. The van der Waals surface area contributed by atoms with Gasteiger partial charge in [0.1, 0.15) is 5.82 Å². The van der Waals surface area contributed by atoms with E-state index >= 15 is 0 Å². The van der Waals surface area contributed by atoms with Gasteiger partial charge in [0.05, 0.1) is 6.42 Å². The molecular weight excluding hydrogens is 439 g/mol. The van der Waals surface area contributed by atoms with Crippen LogP contribution < -0.4 is 0 Å². The first-order chi connectivity index (χ1) is 11.5. The largest absolute Gasteiger partial charge is 0.421 e. The standard InChI is InChI=1S/C18H13Br2FN2O/c1-11-2-3-12(8-15(11)19)9-18-23-22-17(24-18)7-5-13-4-6-14(21)10-16(13)20/h2-8,10H,9H2,1H3/b7-5+.